The Morgan fingerprint density at radius 1 is 1.03 bits per heavy atom. The molecular formula is C27H37N3O4S. The lowest BCUT2D eigenvalue weighted by Gasteiger charge is -2.37. The van der Waals surface area contributed by atoms with Gasteiger partial charge in [0.25, 0.3) is 0 Å². The molecule has 7 nitrogen and oxygen atoms in total. The second-order valence-electron chi connectivity index (χ2n) is 10.6. The number of aryl methyl sites for hydroxylation is 1. The maximum absolute atomic E-state index is 13.6. The minimum Gasteiger partial charge on any atom is -0.443 e. The van der Waals surface area contributed by atoms with Crippen molar-refractivity contribution in [3.8, 4) is 0 Å². The number of anilines is 1. The van der Waals surface area contributed by atoms with Gasteiger partial charge in [0.15, 0.2) is 0 Å². The van der Waals surface area contributed by atoms with Gasteiger partial charge in [-0.1, -0.05) is 43.0 Å². The molecule has 1 aliphatic carbocycles. The SMILES string of the molecule is Cc1ccc(S(=O)(=O)N2CCC[C@H]2c2cccnc2N(C(=O)OC(C)(C)C)C2CCCCC2)cc1. The van der Waals surface area contributed by atoms with Gasteiger partial charge < -0.3 is 4.74 Å². The van der Waals surface area contributed by atoms with E-state index in [9.17, 15) is 13.2 Å². The van der Waals surface area contributed by atoms with Gasteiger partial charge in [-0.2, -0.15) is 4.31 Å². The van der Waals surface area contributed by atoms with E-state index in [-0.39, 0.29) is 10.9 Å². The number of nitrogens with zero attached hydrogens (tertiary/aromatic N) is 3. The topological polar surface area (TPSA) is 79.8 Å². The van der Waals surface area contributed by atoms with Crippen LogP contribution < -0.4 is 4.90 Å². The molecule has 1 aromatic carbocycles. The number of hydrogen-bond donors (Lipinski definition) is 0. The molecule has 0 spiro atoms. The molecule has 1 aromatic heterocycles. The van der Waals surface area contributed by atoms with E-state index in [0.717, 1.165) is 49.7 Å². The summed E-state index contributed by atoms with van der Waals surface area (Å²) in [4.78, 5) is 20.1. The number of aromatic nitrogens is 1. The first-order chi connectivity index (χ1) is 16.6. The Bertz CT molecular complexity index is 1140. The zero-order valence-corrected chi connectivity index (χ0v) is 22.1. The Morgan fingerprint density at radius 2 is 1.71 bits per heavy atom. The average Bonchev–Trinajstić information content (AvgIpc) is 3.30. The third-order valence-corrected chi connectivity index (χ3v) is 8.69. The first kappa shape index (κ1) is 25.6. The quantitative estimate of drug-likeness (QED) is 0.505. The molecule has 2 heterocycles. The molecule has 1 atom stereocenters. The molecule has 4 rings (SSSR count). The van der Waals surface area contributed by atoms with Crippen LogP contribution in [-0.2, 0) is 14.8 Å². The number of pyridine rings is 1. The van der Waals surface area contributed by atoms with E-state index in [1.54, 1.807) is 27.5 Å². The number of ether oxygens (including phenoxy) is 1. The van der Waals surface area contributed by atoms with Gasteiger partial charge in [0, 0.05) is 24.3 Å². The molecule has 1 saturated heterocycles. The number of benzene rings is 1. The van der Waals surface area contributed by atoms with Gasteiger partial charge in [-0.3, -0.25) is 4.90 Å². The fourth-order valence-corrected chi connectivity index (χ4v) is 6.79. The summed E-state index contributed by atoms with van der Waals surface area (Å²) in [5, 5.41) is 0. The minimum absolute atomic E-state index is 0.0178. The number of carbonyl (C=O) groups excluding carboxylic acids is 1. The van der Waals surface area contributed by atoms with Gasteiger partial charge >= 0.3 is 6.09 Å². The summed E-state index contributed by atoms with van der Waals surface area (Å²) in [6.45, 7) is 7.95. The number of hydrogen-bond acceptors (Lipinski definition) is 5. The highest BCUT2D eigenvalue weighted by Gasteiger charge is 2.40. The molecular weight excluding hydrogens is 462 g/mol. The van der Waals surface area contributed by atoms with Crippen molar-refractivity contribution < 1.29 is 17.9 Å². The normalized spacial score (nSPS) is 20.1. The van der Waals surface area contributed by atoms with Gasteiger partial charge in [-0.15, -0.1) is 0 Å². The molecule has 2 aliphatic rings. The Hall–Kier alpha value is -2.45. The van der Waals surface area contributed by atoms with Crippen LogP contribution in [-0.4, -0.2) is 42.0 Å². The average molecular weight is 500 g/mol. The molecule has 1 aliphatic heterocycles. The Labute approximate surface area is 209 Å². The Kier molecular flexibility index (Phi) is 7.52. The third kappa shape index (κ3) is 5.70. The molecule has 2 aromatic rings. The fraction of sp³-hybridized carbons (Fsp3) is 0.556. The second kappa shape index (κ2) is 10.3. The lowest BCUT2D eigenvalue weighted by molar-refractivity contribution is 0.0556. The maximum atomic E-state index is 13.6. The molecule has 0 N–H and O–H groups in total. The van der Waals surface area contributed by atoms with E-state index in [1.807, 2.05) is 52.0 Å². The van der Waals surface area contributed by atoms with Crippen LogP contribution in [0.2, 0.25) is 0 Å². The van der Waals surface area contributed by atoms with Gasteiger partial charge in [0.05, 0.1) is 10.9 Å². The van der Waals surface area contributed by atoms with Gasteiger partial charge in [0.1, 0.15) is 11.4 Å². The van der Waals surface area contributed by atoms with E-state index in [4.69, 9.17) is 4.74 Å². The van der Waals surface area contributed by atoms with E-state index in [2.05, 4.69) is 4.98 Å². The summed E-state index contributed by atoms with van der Waals surface area (Å²) in [5.74, 6) is 0.518. The first-order valence-corrected chi connectivity index (χ1v) is 14.1. The molecule has 0 unspecified atom stereocenters. The smallest absolute Gasteiger partial charge is 0.416 e. The number of carbonyl (C=O) groups is 1. The summed E-state index contributed by atoms with van der Waals surface area (Å²) in [7, 11) is -3.70. The van der Waals surface area contributed by atoms with Crippen molar-refractivity contribution in [3.63, 3.8) is 0 Å². The highest BCUT2D eigenvalue weighted by Crippen LogP contribution is 2.41. The van der Waals surface area contributed by atoms with Crippen molar-refractivity contribution in [2.45, 2.75) is 95.2 Å². The highest BCUT2D eigenvalue weighted by atomic mass is 32.2. The summed E-state index contributed by atoms with van der Waals surface area (Å²) in [6.07, 6.45) is 7.68. The molecule has 8 heteroatoms. The number of amides is 1. The summed E-state index contributed by atoms with van der Waals surface area (Å²) < 4.78 is 34.7. The van der Waals surface area contributed by atoms with Crippen LogP contribution in [0.3, 0.4) is 0 Å². The standard InChI is InChI=1S/C27H37N3O4S/c1-20-14-16-22(17-15-20)35(32,33)29-19-9-13-24(29)23-12-8-18-28-25(23)30(21-10-6-5-7-11-21)26(31)34-27(2,3)4/h8,12,14-18,21,24H,5-7,9-11,13,19H2,1-4H3/t24-/m0/s1. The second-order valence-corrected chi connectivity index (χ2v) is 12.5. The van der Waals surface area contributed by atoms with Crippen molar-refractivity contribution >= 4 is 21.9 Å². The molecule has 2 fully saturated rings. The van der Waals surface area contributed by atoms with Crippen LogP contribution >= 0.6 is 0 Å². The van der Waals surface area contributed by atoms with Gasteiger partial charge in [0.2, 0.25) is 10.0 Å². The molecule has 0 bridgehead atoms. The third-order valence-electron chi connectivity index (χ3n) is 6.77. The van der Waals surface area contributed by atoms with Crippen molar-refractivity contribution in [1.29, 1.82) is 0 Å². The fourth-order valence-electron chi connectivity index (χ4n) is 5.11. The van der Waals surface area contributed by atoms with Crippen LogP contribution in [0, 0.1) is 6.92 Å². The van der Waals surface area contributed by atoms with Gasteiger partial charge in [-0.05, 0) is 71.6 Å². The van der Waals surface area contributed by atoms with Crippen molar-refractivity contribution in [2.75, 3.05) is 11.4 Å². The van der Waals surface area contributed by atoms with Crippen molar-refractivity contribution in [2.24, 2.45) is 0 Å². The molecule has 190 valence electrons. The van der Waals surface area contributed by atoms with E-state index in [1.165, 1.54) is 0 Å². The van der Waals surface area contributed by atoms with Crippen LogP contribution in [0.5, 0.6) is 0 Å². The molecule has 1 saturated carbocycles. The predicted octanol–water partition coefficient (Wildman–Crippen LogP) is 5.99. The summed E-state index contributed by atoms with van der Waals surface area (Å²) >= 11 is 0. The maximum Gasteiger partial charge on any atom is 0.416 e. The van der Waals surface area contributed by atoms with E-state index < -0.39 is 27.8 Å². The summed E-state index contributed by atoms with van der Waals surface area (Å²) in [5.41, 5.74) is 1.13. The predicted molar refractivity (Wildman–Crippen MR) is 137 cm³/mol. The first-order valence-electron chi connectivity index (χ1n) is 12.6. The zero-order valence-electron chi connectivity index (χ0n) is 21.2. The lowest BCUT2D eigenvalue weighted by Crippen LogP contribution is -2.46. The minimum atomic E-state index is -3.70. The van der Waals surface area contributed by atoms with Gasteiger partial charge in [-0.25, -0.2) is 18.2 Å². The monoisotopic (exact) mass is 499 g/mol. The lowest BCUT2D eigenvalue weighted by atomic mass is 9.93. The Balaban J connectivity index is 1.74. The van der Waals surface area contributed by atoms with E-state index >= 15 is 0 Å². The number of sulfonamides is 1. The van der Waals surface area contributed by atoms with Crippen LogP contribution in [0.15, 0.2) is 47.5 Å². The summed E-state index contributed by atoms with van der Waals surface area (Å²) in [6, 6.07) is 10.3. The highest BCUT2D eigenvalue weighted by molar-refractivity contribution is 7.89. The largest absolute Gasteiger partial charge is 0.443 e. The zero-order chi connectivity index (χ0) is 25.2. The van der Waals surface area contributed by atoms with Crippen molar-refractivity contribution in [3.05, 3.63) is 53.7 Å². The Morgan fingerprint density at radius 3 is 2.37 bits per heavy atom. The molecule has 0 radical (unpaired) electrons. The van der Waals surface area contributed by atoms with Crippen LogP contribution in [0.25, 0.3) is 0 Å². The molecule has 1 amide bonds. The van der Waals surface area contributed by atoms with Crippen molar-refractivity contribution in [1.82, 2.24) is 9.29 Å². The molecule has 35 heavy (non-hydrogen) atoms. The van der Waals surface area contributed by atoms with Crippen LogP contribution in [0.4, 0.5) is 10.6 Å². The van der Waals surface area contributed by atoms with Crippen LogP contribution in [0.1, 0.15) is 82.9 Å². The van der Waals surface area contributed by atoms with E-state index in [0.29, 0.717) is 18.8 Å². The number of rotatable bonds is 5.